The van der Waals surface area contributed by atoms with Crippen LogP contribution >= 0.6 is 11.3 Å². The van der Waals surface area contributed by atoms with Crippen LogP contribution in [0.15, 0.2) is 17.8 Å². The molecule has 2 aromatic heterocycles. The Morgan fingerprint density at radius 3 is 2.63 bits per heavy atom. The summed E-state index contributed by atoms with van der Waals surface area (Å²) in [5, 5.41) is 13.3. The first-order chi connectivity index (χ1) is 14.2. The van der Waals surface area contributed by atoms with Crippen LogP contribution in [0.2, 0.25) is 0 Å². The Balaban J connectivity index is 0.000000318. The molecule has 3 heterocycles. The summed E-state index contributed by atoms with van der Waals surface area (Å²) in [6, 6.07) is 0. The number of aromatic nitrogens is 3. The first kappa shape index (κ1) is 22.2. The molecule has 0 atom stereocenters. The highest BCUT2D eigenvalue weighted by Gasteiger charge is 2.38. The summed E-state index contributed by atoms with van der Waals surface area (Å²) in [6.45, 7) is 4.23. The molecule has 1 aliphatic heterocycles. The smallest absolute Gasteiger partial charge is 0.475 e. The Morgan fingerprint density at radius 1 is 1.30 bits per heavy atom. The molecule has 164 valence electrons. The van der Waals surface area contributed by atoms with Crippen molar-refractivity contribution in [3.63, 3.8) is 0 Å². The molecule has 1 saturated carbocycles. The van der Waals surface area contributed by atoms with Crippen molar-refractivity contribution in [3.8, 4) is 0 Å². The molecule has 12 heteroatoms. The van der Waals surface area contributed by atoms with Crippen LogP contribution in [0.5, 0.6) is 0 Å². The number of amides is 1. The molecule has 1 amide bonds. The fourth-order valence-corrected chi connectivity index (χ4v) is 3.61. The van der Waals surface area contributed by atoms with E-state index in [2.05, 4.69) is 30.9 Å². The van der Waals surface area contributed by atoms with Gasteiger partial charge in [0, 0.05) is 37.3 Å². The van der Waals surface area contributed by atoms with Crippen LogP contribution in [0.3, 0.4) is 0 Å². The number of nitrogens with one attached hydrogen (secondary N) is 1. The maximum Gasteiger partial charge on any atom is 0.490 e. The number of aliphatic carboxylic acids is 1. The Labute approximate surface area is 174 Å². The van der Waals surface area contributed by atoms with Gasteiger partial charge in [0.05, 0.1) is 25.3 Å². The van der Waals surface area contributed by atoms with Gasteiger partial charge in [-0.25, -0.2) is 14.8 Å². The van der Waals surface area contributed by atoms with Gasteiger partial charge >= 0.3 is 12.1 Å². The summed E-state index contributed by atoms with van der Waals surface area (Å²) < 4.78 is 33.9. The highest BCUT2D eigenvalue weighted by atomic mass is 32.1. The molecule has 0 aromatic carbocycles. The molecule has 30 heavy (non-hydrogen) atoms. The topological polar surface area (TPSA) is 100 Å². The van der Waals surface area contributed by atoms with Gasteiger partial charge < -0.3 is 15.0 Å². The average molecular weight is 445 g/mol. The van der Waals surface area contributed by atoms with Crippen molar-refractivity contribution in [3.05, 3.63) is 34.3 Å². The monoisotopic (exact) mass is 445 g/mol. The van der Waals surface area contributed by atoms with Crippen LogP contribution in [0.1, 0.15) is 35.8 Å². The van der Waals surface area contributed by atoms with E-state index in [1.54, 1.807) is 11.3 Å². The Bertz CT molecular complexity index is 865. The third kappa shape index (κ3) is 6.80. The molecule has 0 radical (unpaired) electrons. The lowest BCUT2D eigenvalue weighted by molar-refractivity contribution is -0.192. The zero-order valence-corrected chi connectivity index (χ0v) is 16.9. The van der Waals surface area contributed by atoms with Crippen molar-refractivity contribution < 1.29 is 27.9 Å². The largest absolute Gasteiger partial charge is 0.490 e. The van der Waals surface area contributed by atoms with E-state index in [0.29, 0.717) is 18.9 Å². The van der Waals surface area contributed by atoms with Crippen molar-refractivity contribution in [2.45, 2.75) is 51.6 Å². The van der Waals surface area contributed by atoms with E-state index in [1.807, 2.05) is 11.6 Å². The number of halogens is 3. The number of fused-ring (bicyclic) bond motifs is 1. The SMILES string of the molecule is O=C(CC1CC1)NCc1cn2c(n1)CN(Cc1nccs1)CC2.O=C(O)C(F)(F)F. The molecule has 0 unspecified atom stereocenters. The summed E-state index contributed by atoms with van der Waals surface area (Å²) in [6.07, 6.45) is 1.94. The van der Waals surface area contributed by atoms with Crippen LogP contribution in [-0.2, 0) is 35.8 Å². The van der Waals surface area contributed by atoms with E-state index in [1.165, 1.54) is 12.8 Å². The number of alkyl halides is 3. The Kier molecular flexibility index (Phi) is 7.08. The van der Waals surface area contributed by atoms with Crippen molar-refractivity contribution in [1.82, 2.24) is 24.8 Å². The van der Waals surface area contributed by atoms with E-state index in [0.717, 1.165) is 42.7 Å². The number of carboxylic acids is 1. The van der Waals surface area contributed by atoms with Crippen molar-refractivity contribution in [1.29, 1.82) is 0 Å². The van der Waals surface area contributed by atoms with Crippen LogP contribution in [0.4, 0.5) is 13.2 Å². The van der Waals surface area contributed by atoms with Gasteiger partial charge in [0.1, 0.15) is 10.8 Å². The summed E-state index contributed by atoms with van der Waals surface area (Å²) >= 11 is 1.70. The third-order valence-electron chi connectivity index (χ3n) is 4.65. The lowest BCUT2D eigenvalue weighted by atomic mass is 10.3. The van der Waals surface area contributed by atoms with E-state index in [9.17, 15) is 18.0 Å². The number of imidazole rings is 1. The molecular formula is C18H22F3N5O3S. The molecule has 8 nitrogen and oxygen atoms in total. The van der Waals surface area contributed by atoms with E-state index >= 15 is 0 Å². The molecule has 2 aromatic rings. The van der Waals surface area contributed by atoms with E-state index in [4.69, 9.17) is 9.90 Å². The zero-order valence-electron chi connectivity index (χ0n) is 16.1. The first-order valence-electron chi connectivity index (χ1n) is 9.43. The van der Waals surface area contributed by atoms with Crippen molar-refractivity contribution in [2.75, 3.05) is 6.54 Å². The highest BCUT2D eigenvalue weighted by Crippen LogP contribution is 2.32. The number of carbonyl (C=O) groups excluding carboxylic acids is 1. The highest BCUT2D eigenvalue weighted by molar-refractivity contribution is 7.09. The lowest BCUT2D eigenvalue weighted by Gasteiger charge is -2.26. The number of carbonyl (C=O) groups is 2. The number of thiazole rings is 1. The van der Waals surface area contributed by atoms with Gasteiger partial charge in [0.2, 0.25) is 5.91 Å². The summed E-state index contributed by atoms with van der Waals surface area (Å²) in [5.74, 6) is -0.889. The number of nitrogens with zero attached hydrogens (tertiary/aromatic N) is 4. The maximum atomic E-state index is 11.8. The maximum absolute atomic E-state index is 11.8. The fraction of sp³-hybridized carbons (Fsp3) is 0.556. The number of rotatable bonds is 6. The second kappa shape index (κ2) is 9.56. The van der Waals surface area contributed by atoms with E-state index < -0.39 is 12.1 Å². The van der Waals surface area contributed by atoms with Gasteiger partial charge in [-0.1, -0.05) is 0 Å². The van der Waals surface area contributed by atoms with Gasteiger partial charge in [-0.15, -0.1) is 11.3 Å². The Hall–Kier alpha value is -2.47. The third-order valence-corrected chi connectivity index (χ3v) is 5.42. The summed E-state index contributed by atoms with van der Waals surface area (Å²) in [4.78, 5) is 32.1. The number of hydrogen-bond donors (Lipinski definition) is 2. The van der Waals surface area contributed by atoms with Crippen LogP contribution in [0.25, 0.3) is 0 Å². The number of hydrogen-bond acceptors (Lipinski definition) is 6. The van der Waals surface area contributed by atoms with Crippen molar-refractivity contribution in [2.24, 2.45) is 5.92 Å². The van der Waals surface area contributed by atoms with E-state index in [-0.39, 0.29) is 5.91 Å². The molecule has 2 N–H and O–H groups in total. The number of carboxylic acid groups (broad SMARTS) is 1. The normalized spacial score (nSPS) is 16.4. The van der Waals surface area contributed by atoms with Gasteiger partial charge in [0.15, 0.2) is 0 Å². The first-order valence-corrected chi connectivity index (χ1v) is 10.3. The Morgan fingerprint density at radius 2 is 2.03 bits per heavy atom. The molecule has 1 aliphatic carbocycles. The molecule has 4 rings (SSSR count). The minimum Gasteiger partial charge on any atom is -0.475 e. The second-order valence-corrected chi connectivity index (χ2v) is 8.18. The van der Waals surface area contributed by atoms with Crippen molar-refractivity contribution >= 4 is 23.2 Å². The second-order valence-electron chi connectivity index (χ2n) is 7.21. The minimum absolute atomic E-state index is 0.156. The molecule has 0 saturated heterocycles. The standard InChI is InChI=1S/C16H21N5OS.C2HF3O2/c22-15(7-12-1-2-12)18-8-13-9-21-5-4-20(10-14(21)19-13)11-16-17-3-6-23-16;3-2(4,5)1(6)7/h3,6,9,12H,1-2,4-5,7-8,10-11H2,(H,18,22);(H,6,7). The van der Waals surface area contributed by atoms with Crippen LogP contribution in [0, 0.1) is 5.92 Å². The van der Waals surface area contributed by atoms with Gasteiger partial charge in [-0.2, -0.15) is 13.2 Å². The molecule has 1 fully saturated rings. The summed E-state index contributed by atoms with van der Waals surface area (Å²) in [7, 11) is 0. The van der Waals surface area contributed by atoms with Gasteiger partial charge in [0.25, 0.3) is 0 Å². The quantitative estimate of drug-likeness (QED) is 0.708. The molecule has 0 spiro atoms. The minimum atomic E-state index is -5.08. The average Bonchev–Trinajstić information content (AvgIpc) is 3.16. The molecular weight excluding hydrogens is 423 g/mol. The zero-order chi connectivity index (χ0) is 21.7. The van der Waals surface area contributed by atoms with Crippen LogP contribution in [-0.4, -0.2) is 49.1 Å². The summed E-state index contributed by atoms with van der Waals surface area (Å²) in [5.41, 5.74) is 0.959. The predicted molar refractivity (Wildman–Crippen MR) is 101 cm³/mol. The van der Waals surface area contributed by atoms with Gasteiger partial charge in [-0.05, 0) is 18.8 Å². The predicted octanol–water partition coefficient (Wildman–Crippen LogP) is 2.41. The lowest BCUT2D eigenvalue weighted by Crippen LogP contribution is -2.33. The molecule has 2 aliphatic rings. The fourth-order valence-electron chi connectivity index (χ4n) is 2.95. The molecule has 0 bridgehead atoms. The van der Waals surface area contributed by atoms with Gasteiger partial charge in [-0.3, -0.25) is 9.69 Å². The van der Waals surface area contributed by atoms with Crippen LogP contribution < -0.4 is 5.32 Å².